The maximum Gasteiger partial charge on any atom is 0.160 e. The summed E-state index contributed by atoms with van der Waals surface area (Å²) in [6.07, 6.45) is 0. The molecule has 8 aromatic rings. The molecular weight excluding hydrogens is 567 g/mol. The first kappa shape index (κ1) is 26.9. The van der Waals surface area contributed by atoms with Crippen LogP contribution in [0.25, 0.3) is 76.9 Å². The topological polar surface area (TPSA) is 38.7 Å². The monoisotopic (exact) mass is 593 g/mol. The van der Waals surface area contributed by atoms with Gasteiger partial charge in [-0.2, -0.15) is 0 Å². The number of aromatic nitrogens is 3. The van der Waals surface area contributed by atoms with Crippen molar-refractivity contribution in [3.8, 4) is 66.7 Å². The number of nitrogens with zero attached hydrogens (tertiary/aromatic N) is 3. The number of para-hydroxylation sites is 1. The molecule has 3 nitrogen and oxygen atoms in total. The Hall–Kier alpha value is -5.71. The van der Waals surface area contributed by atoms with E-state index in [1.807, 2.05) is 30.3 Å². The van der Waals surface area contributed by atoms with Crippen LogP contribution in [0.15, 0.2) is 164 Å². The molecule has 2 aromatic heterocycles. The molecule has 0 saturated heterocycles. The molecule has 0 aliphatic heterocycles. The zero-order valence-corrected chi connectivity index (χ0v) is 25.2. The Morgan fingerprint density at radius 1 is 0.356 bits per heavy atom. The molecule has 4 heteroatoms. The average Bonchev–Trinajstić information content (AvgIpc) is 3.58. The summed E-state index contributed by atoms with van der Waals surface area (Å²) >= 11 is 1.73. The van der Waals surface area contributed by atoms with Gasteiger partial charge in [-0.1, -0.05) is 146 Å². The second-order valence-corrected chi connectivity index (χ2v) is 11.9. The minimum Gasteiger partial charge on any atom is -0.235 e. The van der Waals surface area contributed by atoms with Gasteiger partial charge >= 0.3 is 0 Å². The molecule has 0 N–H and O–H groups in total. The van der Waals surface area contributed by atoms with Crippen molar-refractivity contribution in [2.45, 2.75) is 0 Å². The van der Waals surface area contributed by atoms with Gasteiger partial charge in [0.15, 0.2) is 5.82 Å². The number of fused-ring (bicyclic) bond motifs is 1. The molecule has 0 bridgehead atoms. The summed E-state index contributed by atoms with van der Waals surface area (Å²) in [5.41, 5.74) is 11.6. The van der Waals surface area contributed by atoms with Gasteiger partial charge in [0.1, 0.15) is 5.01 Å². The lowest BCUT2D eigenvalue weighted by atomic mass is 9.99. The molecular formula is C41H27N3S. The quantitative estimate of drug-likeness (QED) is 0.192. The van der Waals surface area contributed by atoms with E-state index in [-0.39, 0.29) is 0 Å². The van der Waals surface area contributed by atoms with Crippen molar-refractivity contribution in [2.24, 2.45) is 0 Å². The normalized spacial score (nSPS) is 11.1. The molecule has 0 aliphatic rings. The van der Waals surface area contributed by atoms with Crippen LogP contribution in [0.1, 0.15) is 0 Å². The van der Waals surface area contributed by atoms with Crippen molar-refractivity contribution < 1.29 is 0 Å². The Morgan fingerprint density at radius 2 is 0.889 bits per heavy atom. The third-order valence-electron chi connectivity index (χ3n) is 7.95. The highest BCUT2D eigenvalue weighted by atomic mass is 32.1. The van der Waals surface area contributed by atoms with Crippen LogP contribution in [0.3, 0.4) is 0 Å². The van der Waals surface area contributed by atoms with Gasteiger partial charge in [0.25, 0.3) is 0 Å². The summed E-state index contributed by atoms with van der Waals surface area (Å²) in [6, 6.07) is 56.7. The van der Waals surface area contributed by atoms with Crippen LogP contribution < -0.4 is 0 Å². The fraction of sp³-hybridized carbons (Fsp3) is 0. The van der Waals surface area contributed by atoms with Gasteiger partial charge in [-0.15, -0.1) is 11.3 Å². The van der Waals surface area contributed by atoms with Gasteiger partial charge in [0.05, 0.1) is 21.6 Å². The smallest absolute Gasteiger partial charge is 0.160 e. The van der Waals surface area contributed by atoms with Crippen molar-refractivity contribution in [3.05, 3.63) is 164 Å². The lowest BCUT2D eigenvalue weighted by Crippen LogP contribution is -1.96. The maximum atomic E-state index is 5.12. The van der Waals surface area contributed by atoms with Gasteiger partial charge in [0, 0.05) is 27.8 Å². The van der Waals surface area contributed by atoms with Crippen LogP contribution in [0, 0.1) is 0 Å². The summed E-state index contributed by atoms with van der Waals surface area (Å²) < 4.78 is 1.17. The number of hydrogen-bond donors (Lipinski definition) is 0. The van der Waals surface area contributed by atoms with Crippen LogP contribution >= 0.6 is 11.3 Å². The first-order valence-electron chi connectivity index (χ1n) is 14.9. The summed E-state index contributed by atoms with van der Waals surface area (Å²) in [5, 5.41) is 1.03. The van der Waals surface area contributed by atoms with Crippen molar-refractivity contribution in [1.82, 2.24) is 15.0 Å². The minimum absolute atomic E-state index is 0.700. The molecule has 0 spiro atoms. The molecule has 0 unspecified atom stereocenters. The molecule has 212 valence electrons. The van der Waals surface area contributed by atoms with Gasteiger partial charge in [-0.25, -0.2) is 15.0 Å². The first-order valence-corrected chi connectivity index (χ1v) is 15.8. The Bertz CT molecular complexity index is 2240. The molecule has 0 saturated carbocycles. The van der Waals surface area contributed by atoms with E-state index in [2.05, 4.69) is 133 Å². The van der Waals surface area contributed by atoms with E-state index in [4.69, 9.17) is 15.0 Å². The van der Waals surface area contributed by atoms with E-state index in [1.54, 1.807) is 11.3 Å². The fourth-order valence-corrected chi connectivity index (χ4v) is 6.65. The predicted molar refractivity (Wildman–Crippen MR) is 188 cm³/mol. The predicted octanol–water partition coefficient (Wildman–Crippen LogP) is 11.1. The number of rotatable bonds is 6. The summed E-state index contributed by atoms with van der Waals surface area (Å²) in [7, 11) is 0. The zero-order valence-electron chi connectivity index (χ0n) is 24.3. The highest BCUT2D eigenvalue weighted by molar-refractivity contribution is 7.21. The Kier molecular flexibility index (Phi) is 7.02. The van der Waals surface area contributed by atoms with Crippen molar-refractivity contribution >= 4 is 21.6 Å². The third-order valence-corrected chi connectivity index (χ3v) is 9.02. The second kappa shape index (κ2) is 11.8. The Balaban J connectivity index is 1.22. The molecule has 2 heterocycles. The van der Waals surface area contributed by atoms with Gasteiger partial charge < -0.3 is 0 Å². The first-order chi connectivity index (χ1) is 22.3. The van der Waals surface area contributed by atoms with Crippen LogP contribution in [0.4, 0.5) is 0 Å². The summed E-state index contributed by atoms with van der Waals surface area (Å²) in [4.78, 5) is 15.2. The molecule has 6 aromatic carbocycles. The van der Waals surface area contributed by atoms with Crippen LogP contribution in [-0.2, 0) is 0 Å². The molecule has 8 rings (SSSR count). The maximum absolute atomic E-state index is 5.12. The van der Waals surface area contributed by atoms with E-state index < -0.39 is 0 Å². The number of thiazole rings is 1. The Morgan fingerprint density at radius 3 is 1.60 bits per heavy atom. The standard InChI is InChI=1S/C41H27N3S/c1-4-12-28(13-5-1)29-22-24-31(25-23-29)40-42-36(30-14-6-2-7-15-30)27-37(43-40)34-19-10-18-33(26-34)35-20-11-21-38-39(35)44-41(45-38)32-16-8-3-9-17-32/h1-27H. The minimum atomic E-state index is 0.700. The summed E-state index contributed by atoms with van der Waals surface area (Å²) in [5.74, 6) is 0.700. The summed E-state index contributed by atoms with van der Waals surface area (Å²) in [6.45, 7) is 0. The van der Waals surface area contributed by atoms with Crippen molar-refractivity contribution in [1.29, 1.82) is 0 Å². The highest BCUT2D eigenvalue weighted by Gasteiger charge is 2.14. The van der Waals surface area contributed by atoms with Crippen molar-refractivity contribution in [3.63, 3.8) is 0 Å². The lowest BCUT2D eigenvalue weighted by molar-refractivity contribution is 1.18. The van der Waals surface area contributed by atoms with Crippen LogP contribution in [0.5, 0.6) is 0 Å². The van der Waals surface area contributed by atoms with Gasteiger partial charge in [-0.3, -0.25) is 0 Å². The van der Waals surface area contributed by atoms with Gasteiger partial charge in [0.2, 0.25) is 0 Å². The molecule has 0 atom stereocenters. The zero-order chi connectivity index (χ0) is 30.0. The van der Waals surface area contributed by atoms with Gasteiger partial charge in [-0.05, 0) is 34.9 Å². The van der Waals surface area contributed by atoms with E-state index in [9.17, 15) is 0 Å². The largest absolute Gasteiger partial charge is 0.235 e. The second-order valence-electron chi connectivity index (χ2n) is 10.9. The Labute approximate surface area is 266 Å². The molecule has 0 fully saturated rings. The van der Waals surface area contributed by atoms with E-state index in [0.717, 1.165) is 60.9 Å². The number of hydrogen-bond acceptors (Lipinski definition) is 4. The van der Waals surface area contributed by atoms with E-state index >= 15 is 0 Å². The molecule has 0 radical (unpaired) electrons. The van der Waals surface area contributed by atoms with E-state index in [1.165, 1.54) is 10.3 Å². The van der Waals surface area contributed by atoms with E-state index in [0.29, 0.717) is 5.82 Å². The molecule has 45 heavy (non-hydrogen) atoms. The number of benzene rings is 6. The highest BCUT2D eigenvalue weighted by Crippen LogP contribution is 2.37. The molecule has 0 aliphatic carbocycles. The third kappa shape index (κ3) is 5.44. The SMILES string of the molecule is c1ccc(-c2ccc(-c3nc(-c4ccccc4)cc(-c4cccc(-c5cccc6sc(-c7ccccc7)nc56)c4)n3)cc2)cc1. The van der Waals surface area contributed by atoms with Crippen molar-refractivity contribution in [2.75, 3.05) is 0 Å². The fourth-order valence-electron chi connectivity index (χ4n) is 5.66. The molecule has 0 amide bonds. The average molecular weight is 594 g/mol. The van der Waals surface area contributed by atoms with Crippen LogP contribution in [-0.4, -0.2) is 15.0 Å². The van der Waals surface area contributed by atoms with Crippen LogP contribution in [0.2, 0.25) is 0 Å². The lowest BCUT2D eigenvalue weighted by Gasteiger charge is -2.11.